The van der Waals surface area contributed by atoms with E-state index in [1.807, 2.05) is 49.4 Å². The van der Waals surface area contributed by atoms with Crippen LogP contribution < -0.4 is 5.32 Å². The van der Waals surface area contributed by atoms with Gasteiger partial charge in [0.15, 0.2) is 0 Å². The first-order valence-electron chi connectivity index (χ1n) is 12.2. The van der Waals surface area contributed by atoms with Gasteiger partial charge in [-0.3, -0.25) is 0 Å². The van der Waals surface area contributed by atoms with Crippen LogP contribution in [-0.4, -0.2) is 0 Å². The van der Waals surface area contributed by atoms with Crippen molar-refractivity contribution in [2.75, 3.05) is 5.32 Å². The maximum absolute atomic E-state index is 5.99. The fourth-order valence-corrected chi connectivity index (χ4v) is 4.41. The van der Waals surface area contributed by atoms with Crippen molar-refractivity contribution in [1.29, 1.82) is 0 Å². The number of para-hydroxylation sites is 1. The summed E-state index contributed by atoms with van der Waals surface area (Å²) in [5.41, 5.74) is 10.2. The predicted molar refractivity (Wildman–Crippen MR) is 156 cm³/mol. The highest BCUT2D eigenvalue weighted by Crippen LogP contribution is 2.35. The van der Waals surface area contributed by atoms with Crippen LogP contribution in [0.5, 0.6) is 0 Å². The lowest BCUT2D eigenvalue weighted by molar-refractivity contribution is 0.603. The van der Waals surface area contributed by atoms with Crippen molar-refractivity contribution >= 4 is 46.6 Å². The van der Waals surface area contributed by atoms with Crippen LogP contribution in [0.15, 0.2) is 108 Å². The minimum atomic E-state index is 0.849. The van der Waals surface area contributed by atoms with Crippen molar-refractivity contribution in [2.24, 2.45) is 0 Å². The van der Waals surface area contributed by atoms with Crippen molar-refractivity contribution in [3.63, 3.8) is 0 Å². The Kier molecular flexibility index (Phi) is 6.68. The fourth-order valence-electron chi connectivity index (χ4n) is 4.41. The fraction of sp³-hybridized carbons (Fsp3) is 0.0588. The molecule has 1 aliphatic rings. The Balaban J connectivity index is 0.000000330. The standard InChI is InChI=1S/C27H21NO.C7H8/c1-3-7-26-22(4-2)23-17-20(13-15-27(23)29-26)19-12-14-25-21(16-19)11-10-18-8-5-6-9-24(18)28-25;1-7-5-3-2-4-6-7/h3-17,28H,2H2,1H3;2-6H,1H3/b7-3-;. The summed E-state index contributed by atoms with van der Waals surface area (Å²) in [6.45, 7) is 8.05. The number of benzene rings is 4. The number of nitrogens with one attached hydrogen (secondary N) is 1. The molecule has 2 heteroatoms. The summed E-state index contributed by atoms with van der Waals surface area (Å²) in [7, 11) is 0. The number of anilines is 2. The van der Waals surface area contributed by atoms with Gasteiger partial charge < -0.3 is 9.73 Å². The molecule has 0 unspecified atom stereocenters. The van der Waals surface area contributed by atoms with Gasteiger partial charge in [-0.25, -0.2) is 0 Å². The van der Waals surface area contributed by atoms with E-state index in [2.05, 4.69) is 97.7 Å². The van der Waals surface area contributed by atoms with E-state index < -0.39 is 0 Å². The minimum Gasteiger partial charge on any atom is -0.456 e. The van der Waals surface area contributed by atoms with Gasteiger partial charge in [-0.15, -0.1) is 0 Å². The monoisotopic (exact) mass is 467 g/mol. The number of hydrogen-bond donors (Lipinski definition) is 1. The van der Waals surface area contributed by atoms with Crippen molar-refractivity contribution < 1.29 is 4.42 Å². The molecule has 0 radical (unpaired) electrons. The molecule has 4 aromatic carbocycles. The third kappa shape index (κ3) is 4.80. The van der Waals surface area contributed by atoms with E-state index in [1.165, 1.54) is 22.3 Å². The van der Waals surface area contributed by atoms with Crippen LogP contribution in [0.2, 0.25) is 0 Å². The van der Waals surface area contributed by atoms with Gasteiger partial charge in [-0.1, -0.05) is 97.1 Å². The van der Waals surface area contributed by atoms with Gasteiger partial charge in [-0.05, 0) is 72.5 Å². The Bertz CT molecular complexity index is 1580. The maximum Gasteiger partial charge on any atom is 0.135 e. The second-order valence-electron chi connectivity index (χ2n) is 8.80. The smallest absolute Gasteiger partial charge is 0.135 e. The number of aryl methyl sites for hydroxylation is 1. The van der Waals surface area contributed by atoms with E-state index in [0.29, 0.717) is 0 Å². The van der Waals surface area contributed by atoms with Gasteiger partial charge in [-0.2, -0.15) is 0 Å². The zero-order valence-electron chi connectivity index (χ0n) is 20.7. The van der Waals surface area contributed by atoms with E-state index in [4.69, 9.17) is 4.42 Å². The predicted octanol–water partition coefficient (Wildman–Crippen LogP) is 10.00. The number of furan rings is 1. The maximum atomic E-state index is 5.99. The number of rotatable bonds is 3. The molecule has 5 aromatic rings. The molecule has 1 N–H and O–H groups in total. The summed E-state index contributed by atoms with van der Waals surface area (Å²) in [6.07, 6.45) is 10.2. The summed E-state index contributed by atoms with van der Waals surface area (Å²) in [5, 5.41) is 4.63. The Hall–Kier alpha value is -4.56. The van der Waals surface area contributed by atoms with E-state index >= 15 is 0 Å². The van der Waals surface area contributed by atoms with Crippen LogP contribution in [0.3, 0.4) is 0 Å². The molecular formula is C34H29NO. The largest absolute Gasteiger partial charge is 0.456 e. The zero-order valence-corrected chi connectivity index (χ0v) is 20.7. The first-order valence-corrected chi connectivity index (χ1v) is 12.2. The Morgan fingerprint density at radius 2 is 1.44 bits per heavy atom. The normalized spacial score (nSPS) is 11.7. The molecule has 36 heavy (non-hydrogen) atoms. The molecule has 0 spiro atoms. The highest BCUT2D eigenvalue weighted by atomic mass is 16.3. The molecule has 0 atom stereocenters. The Morgan fingerprint density at radius 3 is 2.19 bits per heavy atom. The SMILES string of the molecule is C=Cc1c(/C=C\C)oc2ccc(-c3ccc4c(c3)C=Cc3ccccc3N4)cc12.Cc1ccccc1. The molecule has 0 aliphatic carbocycles. The van der Waals surface area contributed by atoms with Crippen molar-refractivity contribution in [1.82, 2.24) is 0 Å². The first kappa shape index (κ1) is 23.2. The number of hydrogen-bond acceptors (Lipinski definition) is 2. The summed E-state index contributed by atoms with van der Waals surface area (Å²) >= 11 is 0. The van der Waals surface area contributed by atoms with Crippen LogP contribution in [0, 0.1) is 6.92 Å². The topological polar surface area (TPSA) is 25.2 Å². The Labute approximate surface area is 212 Å². The summed E-state index contributed by atoms with van der Waals surface area (Å²) in [6, 6.07) is 31.5. The molecule has 2 nitrogen and oxygen atoms in total. The summed E-state index contributed by atoms with van der Waals surface area (Å²) < 4.78 is 5.99. The van der Waals surface area contributed by atoms with Gasteiger partial charge in [0, 0.05) is 22.3 Å². The molecule has 0 amide bonds. The van der Waals surface area contributed by atoms with E-state index in [0.717, 1.165) is 39.2 Å². The van der Waals surface area contributed by atoms with E-state index in [1.54, 1.807) is 0 Å². The molecule has 0 bridgehead atoms. The van der Waals surface area contributed by atoms with Crippen LogP contribution >= 0.6 is 0 Å². The van der Waals surface area contributed by atoms with Crippen LogP contribution in [0.1, 0.15) is 34.9 Å². The highest BCUT2D eigenvalue weighted by molar-refractivity contribution is 5.95. The Morgan fingerprint density at radius 1 is 0.750 bits per heavy atom. The van der Waals surface area contributed by atoms with Crippen molar-refractivity contribution in [2.45, 2.75) is 13.8 Å². The third-order valence-electron chi connectivity index (χ3n) is 6.28. The molecule has 1 aliphatic heterocycles. The second kappa shape index (κ2) is 10.4. The molecule has 6 rings (SSSR count). The second-order valence-corrected chi connectivity index (χ2v) is 8.80. The first-order chi connectivity index (χ1) is 17.7. The molecule has 176 valence electrons. The lowest BCUT2D eigenvalue weighted by atomic mass is 9.99. The molecule has 2 heterocycles. The summed E-state index contributed by atoms with van der Waals surface area (Å²) in [4.78, 5) is 0. The summed E-state index contributed by atoms with van der Waals surface area (Å²) in [5.74, 6) is 0.849. The lowest BCUT2D eigenvalue weighted by Crippen LogP contribution is -1.93. The highest BCUT2D eigenvalue weighted by Gasteiger charge is 2.13. The van der Waals surface area contributed by atoms with Crippen LogP contribution in [0.25, 0.3) is 46.4 Å². The third-order valence-corrected chi connectivity index (χ3v) is 6.28. The van der Waals surface area contributed by atoms with Gasteiger partial charge in [0.1, 0.15) is 11.3 Å². The van der Waals surface area contributed by atoms with Crippen molar-refractivity contribution in [3.8, 4) is 11.1 Å². The van der Waals surface area contributed by atoms with Crippen molar-refractivity contribution in [3.05, 3.63) is 132 Å². The number of allylic oxidation sites excluding steroid dienone is 1. The van der Waals surface area contributed by atoms with Gasteiger partial charge in [0.2, 0.25) is 0 Å². The average Bonchev–Trinajstić information content (AvgIpc) is 3.14. The minimum absolute atomic E-state index is 0.849. The lowest BCUT2D eigenvalue weighted by Gasteiger charge is -2.11. The van der Waals surface area contributed by atoms with Gasteiger partial charge in [0.05, 0.1) is 0 Å². The van der Waals surface area contributed by atoms with E-state index in [-0.39, 0.29) is 0 Å². The molecule has 1 aromatic heterocycles. The number of fused-ring (bicyclic) bond motifs is 3. The molecule has 0 saturated carbocycles. The molecule has 0 saturated heterocycles. The van der Waals surface area contributed by atoms with Gasteiger partial charge in [0.25, 0.3) is 0 Å². The van der Waals surface area contributed by atoms with Crippen LogP contribution in [-0.2, 0) is 0 Å². The quantitative estimate of drug-likeness (QED) is 0.280. The van der Waals surface area contributed by atoms with E-state index in [9.17, 15) is 0 Å². The molecule has 0 fully saturated rings. The molecular weight excluding hydrogens is 438 g/mol. The zero-order chi connectivity index (χ0) is 24.9. The van der Waals surface area contributed by atoms with Gasteiger partial charge >= 0.3 is 0 Å². The average molecular weight is 468 g/mol. The van der Waals surface area contributed by atoms with Crippen LogP contribution in [0.4, 0.5) is 11.4 Å².